The maximum Gasteiger partial charge on any atom is 0.0972 e. The van der Waals surface area contributed by atoms with E-state index in [9.17, 15) is 0 Å². The van der Waals surface area contributed by atoms with E-state index in [0.29, 0.717) is 0 Å². The lowest BCUT2D eigenvalue weighted by Gasteiger charge is -2.32. The minimum atomic E-state index is -0.478. The van der Waals surface area contributed by atoms with E-state index in [1.54, 1.807) is 0 Å². The zero-order valence-electron chi connectivity index (χ0n) is 27.6. The fourth-order valence-electron chi connectivity index (χ4n) is 9.70. The Balaban J connectivity index is 1.21. The first-order chi connectivity index (χ1) is 25.3. The van der Waals surface area contributed by atoms with Crippen molar-refractivity contribution in [3.8, 4) is 33.5 Å². The first-order valence-corrected chi connectivity index (χ1v) is 17.7. The molecule has 0 unspecified atom stereocenters. The summed E-state index contributed by atoms with van der Waals surface area (Å²) in [7, 11) is 0. The molecule has 0 radical (unpaired) electrons. The van der Waals surface area contributed by atoms with Gasteiger partial charge in [-0.15, -0.1) is 0 Å². The number of hydrogen-bond donors (Lipinski definition) is 0. The molecule has 0 saturated carbocycles. The van der Waals surface area contributed by atoms with E-state index >= 15 is 0 Å². The Kier molecular flexibility index (Phi) is 5.20. The van der Waals surface area contributed by atoms with Crippen LogP contribution in [0.5, 0.6) is 0 Å². The largest absolute Gasteiger partial charge is 0.254 e. The Labute approximate surface area is 294 Å². The lowest BCUT2D eigenvalue weighted by Crippen LogP contribution is -2.26. The summed E-state index contributed by atoms with van der Waals surface area (Å²) in [6, 6.07) is 60.6. The molecule has 1 spiro atoms. The third kappa shape index (κ3) is 3.37. The summed E-state index contributed by atoms with van der Waals surface area (Å²) in [5.74, 6) is 0. The van der Waals surface area contributed by atoms with Crippen LogP contribution in [0.1, 0.15) is 22.3 Å². The van der Waals surface area contributed by atoms with E-state index in [-0.39, 0.29) is 0 Å². The molecule has 0 fully saturated rings. The van der Waals surface area contributed by atoms with Gasteiger partial charge in [-0.25, -0.2) is 4.98 Å². The average Bonchev–Trinajstić information content (AvgIpc) is 3.68. The highest BCUT2D eigenvalue weighted by atomic mass is 14.8. The topological polar surface area (TPSA) is 25.8 Å². The molecular weight excluding hydrogens is 617 g/mol. The van der Waals surface area contributed by atoms with Gasteiger partial charge >= 0.3 is 0 Å². The van der Waals surface area contributed by atoms with Crippen molar-refractivity contribution >= 4 is 54.1 Å². The predicted molar refractivity (Wildman–Crippen MR) is 211 cm³/mol. The highest BCUT2D eigenvalue weighted by Crippen LogP contribution is 2.66. The molecule has 0 bridgehead atoms. The number of hydrogen-bond acceptors (Lipinski definition) is 2. The van der Waals surface area contributed by atoms with Gasteiger partial charge in [0.1, 0.15) is 0 Å². The maximum atomic E-state index is 5.22. The third-order valence-electron chi connectivity index (χ3n) is 11.7. The van der Waals surface area contributed by atoms with E-state index in [1.165, 1.54) is 76.8 Å². The smallest absolute Gasteiger partial charge is 0.0972 e. The Morgan fingerprint density at radius 3 is 1.80 bits per heavy atom. The van der Waals surface area contributed by atoms with Crippen LogP contribution in [-0.2, 0) is 5.41 Å². The molecule has 2 aromatic heterocycles. The lowest BCUT2D eigenvalue weighted by atomic mass is 9.68. The monoisotopic (exact) mass is 644 g/mol. The molecule has 0 N–H and O–H groups in total. The molecule has 8 aromatic carbocycles. The molecule has 2 heteroatoms. The van der Waals surface area contributed by atoms with Gasteiger partial charge in [0.05, 0.1) is 22.1 Å². The number of aromatic nitrogens is 2. The number of rotatable bonds is 1. The summed E-state index contributed by atoms with van der Waals surface area (Å²) in [5, 5.41) is 9.92. The normalized spacial score (nSPS) is 13.6. The van der Waals surface area contributed by atoms with E-state index < -0.39 is 5.41 Å². The third-order valence-corrected chi connectivity index (χ3v) is 11.7. The summed E-state index contributed by atoms with van der Waals surface area (Å²) in [5.41, 5.74) is 14.3. The Morgan fingerprint density at radius 1 is 0.392 bits per heavy atom. The molecule has 51 heavy (non-hydrogen) atoms. The second-order valence-electron chi connectivity index (χ2n) is 14.0. The van der Waals surface area contributed by atoms with Crippen molar-refractivity contribution in [3.05, 3.63) is 192 Å². The van der Waals surface area contributed by atoms with Crippen LogP contribution in [0.25, 0.3) is 87.6 Å². The van der Waals surface area contributed by atoms with Crippen molar-refractivity contribution in [2.45, 2.75) is 5.41 Å². The molecule has 2 aliphatic carbocycles. The van der Waals surface area contributed by atoms with Crippen LogP contribution in [0.3, 0.4) is 0 Å². The first-order valence-electron chi connectivity index (χ1n) is 17.7. The molecule has 2 nitrogen and oxygen atoms in total. The second-order valence-corrected chi connectivity index (χ2v) is 14.0. The number of fused-ring (bicyclic) bond motifs is 20. The molecule has 10 aromatic rings. The molecule has 12 rings (SSSR count). The van der Waals surface area contributed by atoms with Gasteiger partial charge in [-0.05, 0) is 95.0 Å². The van der Waals surface area contributed by atoms with Crippen molar-refractivity contribution in [3.63, 3.8) is 0 Å². The van der Waals surface area contributed by atoms with Crippen molar-refractivity contribution in [1.82, 2.24) is 9.97 Å². The maximum absolute atomic E-state index is 5.22. The fraction of sp³-hybridized carbons (Fsp3) is 0.0204. The first kappa shape index (κ1) is 27.2. The van der Waals surface area contributed by atoms with Crippen LogP contribution in [0.2, 0.25) is 0 Å². The number of nitrogens with zero attached hydrogens (tertiary/aromatic N) is 2. The SMILES string of the molecule is c1ccc2c(c1)-c1ccccc1C21c2c(ccc3cc(-c4ccc5ccc6cccnc6c5n4)ccc23)-c2c1c1ccccc1c1ccccc21. The fourth-order valence-corrected chi connectivity index (χ4v) is 9.70. The molecular formula is C49H28N2. The molecule has 0 saturated heterocycles. The van der Waals surface area contributed by atoms with Crippen LogP contribution in [0.15, 0.2) is 170 Å². The van der Waals surface area contributed by atoms with Crippen LogP contribution in [0.4, 0.5) is 0 Å². The number of benzene rings is 8. The van der Waals surface area contributed by atoms with Crippen LogP contribution < -0.4 is 0 Å². The summed E-state index contributed by atoms with van der Waals surface area (Å²) >= 11 is 0. The molecule has 0 atom stereocenters. The van der Waals surface area contributed by atoms with Crippen molar-refractivity contribution in [2.75, 3.05) is 0 Å². The van der Waals surface area contributed by atoms with Gasteiger partial charge in [0.15, 0.2) is 0 Å². The zero-order chi connectivity index (χ0) is 33.3. The van der Waals surface area contributed by atoms with Crippen LogP contribution in [-0.4, -0.2) is 9.97 Å². The van der Waals surface area contributed by atoms with Gasteiger partial charge in [-0.3, -0.25) is 4.98 Å². The van der Waals surface area contributed by atoms with Crippen LogP contribution >= 0.6 is 0 Å². The molecule has 234 valence electrons. The van der Waals surface area contributed by atoms with Gasteiger partial charge in [0.25, 0.3) is 0 Å². The predicted octanol–water partition coefficient (Wildman–Crippen LogP) is 12.3. The minimum absolute atomic E-state index is 0.478. The highest BCUT2D eigenvalue weighted by Gasteiger charge is 2.53. The summed E-state index contributed by atoms with van der Waals surface area (Å²) in [6.07, 6.45) is 1.85. The summed E-state index contributed by atoms with van der Waals surface area (Å²) < 4.78 is 0. The Bertz CT molecular complexity index is 3110. The van der Waals surface area contributed by atoms with Crippen molar-refractivity contribution in [1.29, 1.82) is 0 Å². The second kappa shape index (κ2) is 9.74. The van der Waals surface area contributed by atoms with Crippen molar-refractivity contribution < 1.29 is 0 Å². The van der Waals surface area contributed by atoms with E-state index in [1.807, 2.05) is 12.3 Å². The average molecular weight is 645 g/mol. The lowest BCUT2D eigenvalue weighted by molar-refractivity contribution is 0.809. The standard InChI is InChI=1S/C49H28N2/c1-3-15-38-34(11-1)35-12-2-4-16-39(35)46-44(38)40-25-21-31-28-32(43-26-23-30-20-19-29-10-9-27-50-47(29)48(30)51-43)22-24-33(31)45(40)49(46)41-17-7-5-13-36(41)37-14-6-8-18-42(37)49/h1-28H. The summed E-state index contributed by atoms with van der Waals surface area (Å²) in [4.78, 5) is 9.93. The number of pyridine rings is 2. The van der Waals surface area contributed by atoms with E-state index in [0.717, 1.165) is 33.1 Å². The highest BCUT2D eigenvalue weighted by molar-refractivity contribution is 6.21. The zero-order valence-corrected chi connectivity index (χ0v) is 27.6. The molecule has 2 heterocycles. The molecule has 0 aliphatic heterocycles. The van der Waals surface area contributed by atoms with Gasteiger partial charge in [-0.1, -0.05) is 146 Å². The van der Waals surface area contributed by atoms with Gasteiger partial charge in [0.2, 0.25) is 0 Å². The minimum Gasteiger partial charge on any atom is -0.254 e. The van der Waals surface area contributed by atoms with Gasteiger partial charge in [0, 0.05) is 22.5 Å². The van der Waals surface area contributed by atoms with Crippen LogP contribution in [0, 0.1) is 0 Å². The quantitative estimate of drug-likeness (QED) is 0.166. The Hall–Kier alpha value is -6.64. The van der Waals surface area contributed by atoms with E-state index in [4.69, 9.17) is 9.97 Å². The van der Waals surface area contributed by atoms with E-state index in [2.05, 4.69) is 158 Å². The summed E-state index contributed by atoms with van der Waals surface area (Å²) in [6.45, 7) is 0. The van der Waals surface area contributed by atoms with Gasteiger partial charge < -0.3 is 0 Å². The Morgan fingerprint density at radius 2 is 1.02 bits per heavy atom. The van der Waals surface area contributed by atoms with Crippen molar-refractivity contribution in [2.24, 2.45) is 0 Å². The molecule has 2 aliphatic rings. The molecule has 0 amide bonds. The van der Waals surface area contributed by atoms with Gasteiger partial charge in [-0.2, -0.15) is 0 Å².